The molecule has 0 atom stereocenters. The molecule has 0 fully saturated rings. The van der Waals surface area contributed by atoms with E-state index in [1.54, 1.807) is 29.9 Å². The Morgan fingerprint density at radius 3 is 2.81 bits per heavy atom. The van der Waals surface area contributed by atoms with Gasteiger partial charge in [0.1, 0.15) is 12.4 Å². The number of carbonyl (C=O) groups excluding carboxylic acids is 1. The number of nitrogens with zero attached hydrogens (tertiary/aromatic N) is 6. The lowest BCUT2D eigenvalue weighted by atomic mass is 10.1. The molecule has 2 aromatic heterocycles. The summed E-state index contributed by atoms with van der Waals surface area (Å²) < 4.78 is 13.6. The molecule has 2 heterocycles. The zero-order chi connectivity index (χ0) is 19.4. The van der Waals surface area contributed by atoms with Gasteiger partial charge in [0, 0.05) is 18.7 Å². The molecule has 0 bridgehead atoms. The fourth-order valence-corrected chi connectivity index (χ4v) is 3.05. The maximum Gasteiger partial charge on any atom is 0.345 e. The van der Waals surface area contributed by atoms with Gasteiger partial charge < -0.3 is 9.47 Å². The third kappa shape index (κ3) is 4.33. The number of hydrogen-bond donors (Lipinski definition) is 0. The fraction of sp³-hybridized carbons (Fsp3) is 0.353. The molecule has 27 heavy (non-hydrogen) atoms. The van der Waals surface area contributed by atoms with Gasteiger partial charge in [-0.2, -0.15) is 9.90 Å². The molecule has 1 aromatic carbocycles. The van der Waals surface area contributed by atoms with Gasteiger partial charge in [-0.3, -0.25) is 0 Å². The second-order valence-corrected chi connectivity index (χ2v) is 6.62. The van der Waals surface area contributed by atoms with Crippen molar-refractivity contribution in [2.45, 2.75) is 26.8 Å². The van der Waals surface area contributed by atoms with Crippen LogP contribution in [0.1, 0.15) is 28.5 Å². The summed E-state index contributed by atoms with van der Waals surface area (Å²) in [6.07, 6.45) is 2.13. The quantitative estimate of drug-likeness (QED) is 0.526. The van der Waals surface area contributed by atoms with Crippen molar-refractivity contribution >= 4 is 21.9 Å². The molecule has 9 nitrogen and oxygen atoms in total. The molecule has 0 radical (unpaired) electrons. The first-order valence-electron chi connectivity index (χ1n) is 8.37. The SMILES string of the molecule is CCc1cc(OC(=O)c2ccc(Br)c(OCCn3ncnn3)c2C)n(C)n1. The second kappa shape index (κ2) is 8.30. The van der Waals surface area contributed by atoms with Crippen LogP contribution in [0.5, 0.6) is 11.6 Å². The number of ether oxygens (including phenoxy) is 2. The highest BCUT2D eigenvalue weighted by Crippen LogP contribution is 2.32. The van der Waals surface area contributed by atoms with Crippen LogP contribution in [0, 0.1) is 6.92 Å². The number of hydrogen-bond acceptors (Lipinski definition) is 7. The highest BCUT2D eigenvalue weighted by molar-refractivity contribution is 9.10. The van der Waals surface area contributed by atoms with Crippen molar-refractivity contribution in [1.29, 1.82) is 0 Å². The van der Waals surface area contributed by atoms with Gasteiger partial charge >= 0.3 is 5.97 Å². The highest BCUT2D eigenvalue weighted by atomic mass is 79.9. The van der Waals surface area contributed by atoms with E-state index in [-0.39, 0.29) is 0 Å². The molecule has 0 saturated carbocycles. The summed E-state index contributed by atoms with van der Waals surface area (Å²) in [4.78, 5) is 14.1. The first kappa shape index (κ1) is 19.0. The van der Waals surface area contributed by atoms with Crippen LogP contribution in [0.2, 0.25) is 0 Å². The molecule has 0 N–H and O–H groups in total. The van der Waals surface area contributed by atoms with Crippen molar-refractivity contribution in [2.24, 2.45) is 7.05 Å². The zero-order valence-corrected chi connectivity index (χ0v) is 16.8. The lowest BCUT2D eigenvalue weighted by molar-refractivity contribution is 0.0718. The van der Waals surface area contributed by atoms with E-state index in [0.717, 1.165) is 16.6 Å². The number of carbonyl (C=O) groups is 1. The van der Waals surface area contributed by atoms with Crippen LogP contribution in [0.25, 0.3) is 0 Å². The molecular formula is C17H19BrN6O3. The Bertz CT molecular complexity index is 939. The molecule has 0 spiro atoms. The molecule has 0 aliphatic carbocycles. The predicted molar refractivity (Wildman–Crippen MR) is 99.7 cm³/mol. The van der Waals surface area contributed by atoms with Crippen molar-refractivity contribution in [3.63, 3.8) is 0 Å². The molecule has 0 aliphatic rings. The van der Waals surface area contributed by atoms with Crippen LogP contribution >= 0.6 is 15.9 Å². The molecule has 3 rings (SSSR count). The first-order valence-corrected chi connectivity index (χ1v) is 9.16. The van der Waals surface area contributed by atoms with E-state index in [1.165, 1.54) is 11.1 Å². The number of aromatic nitrogens is 6. The number of esters is 1. The number of halogens is 1. The molecule has 0 saturated heterocycles. The highest BCUT2D eigenvalue weighted by Gasteiger charge is 2.19. The summed E-state index contributed by atoms with van der Waals surface area (Å²) in [6, 6.07) is 5.21. The summed E-state index contributed by atoms with van der Waals surface area (Å²) in [6.45, 7) is 4.57. The fourth-order valence-electron chi connectivity index (χ4n) is 2.50. The maximum absolute atomic E-state index is 12.6. The van der Waals surface area contributed by atoms with Crippen LogP contribution in [-0.4, -0.2) is 42.6 Å². The van der Waals surface area contributed by atoms with Gasteiger partial charge in [-0.25, -0.2) is 9.48 Å². The Labute approximate surface area is 164 Å². The van der Waals surface area contributed by atoms with Gasteiger partial charge in [0.15, 0.2) is 6.33 Å². The largest absolute Gasteiger partial charge is 0.490 e. The first-order chi connectivity index (χ1) is 13.0. The maximum atomic E-state index is 12.6. The van der Waals surface area contributed by atoms with Crippen molar-refractivity contribution in [1.82, 2.24) is 30.0 Å². The molecule has 142 valence electrons. The normalized spacial score (nSPS) is 10.8. The molecule has 0 amide bonds. The summed E-state index contributed by atoms with van der Waals surface area (Å²) in [5.41, 5.74) is 1.96. The van der Waals surface area contributed by atoms with Gasteiger partial charge in [0.05, 0.1) is 22.3 Å². The van der Waals surface area contributed by atoms with Crippen LogP contribution in [0.3, 0.4) is 0 Å². The van der Waals surface area contributed by atoms with E-state index in [2.05, 4.69) is 36.4 Å². The summed E-state index contributed by atoms with van der Waals surface area (Å²) >= 11 is 3.46. The van der Waals surface area contributed by atoms with Gasteiger partial charge in [0.25, 0.3) is 0 Å². The average Bonchev–Trinajstić information content (AvgIpc) is 3.27. The smallest absolute Gasteiger partial charge is 0.345 e. The van der Waals surface area contributed by atoms with Gasteiger partial charge in [-0.1, -0.05) is 6.92 Å². The van der Waals surface area contributed by atoms with Gasteiger partial charge in [-0.15, -0.1) is 10.2 Å². The Hall–Kier alpha value is -2.75. The zero-order valence-electron chi connectivity index (χ0n) is 15.2. The Balaban J connectivity index is 1.74. The summed E-state index contributed by atoms with van der Waals surface area (Å²) in [5.74, 6) is 0.510. The molecule has 10 heteroatoms. The lowest BCUT2D eigenvalue weighted by Crippen LogP contribution is -2.15. The molecule has 0 aliphatic heterocycles. The Morgan fingerprint density at radius 1 is 1.33 bits per heavy atom. The summed E-state index contributed by atoms with van der Waals surface area (Å²) in [5, 5.41) is 15.6. The second-order valence-electron chi connectivity index (χ2n) is 5.77. The molecular weight excluding hydrogens is 416 g/mol. The van der Waals surface area contributed by atoms with E-state index in [9.17, 15) is 4.79 Å². The van der Waals surface area contributed by atoms with Crippen LogP contribution in [0.4, 0.5) is 0 Å². The van der Waals surface area contributed by atoms with E-state index < -0.39 is 5.97 Å². The van der Waals surface area contributed by atoms with Crippen molar-refractivity contribution in [3.8, 4) is 11.6 Å². The van der Waals surface area contributed by atoms with Gasteiger partial charge in [0.2, 0.25) is 5.88 Å². The predicted octanol–water partition coefficient (Wildman–Crippen LogP) is 2.34. The van der Waals surface area contributed by atoms with Crippen LogP contribution in [0.15, 0.2) is 29.0 Å². The number of tetrazole rings is 1. The number of aryl methyl sites for hydroxylation is 2. The van der Waals surface area contributed by atoms with E-state index in [4.69, 9.17) is 9.47 Å². The van der Waals surface area contributed by atoms with Crippen LogP contribution in [-0.2, 0) is 20.0 Å². The summed E-state index contributed by atoms with van der Waals surface area (Å²) in [7, 11) is 1.74. The average molecular weight is 435 g/mol. The standard InChI is InChI=1S/C17H19BrN6O3/c1-4-12-9-15(23(3)21-12)27-17(25)13-5-6-14(18)16(11(13)2)26-8-7-24-20-10-19-22-24/h5-6,9-10H,4,7-8H2,1-3H3. The van der Waals surface area contributed by atoms with E-state index in [1.807, 2.05) is 13.8 Å². The minimum Gasteiger partial charge on any atom is -0.490 e. The minimum atomic E-state index is -0.464. The Kier molecular flexibility index (Phi) is 5.84. The lowest BCUT2D eigenvalue weighted by Gasteiger charge is -2.14. The van der Waals surface area contributed by atoms with Crippen molar-refractivity contribution in [3.05, 3.63) is 45.8 Å². The third-order valence-corrected chi connectivity index (χ3v) is 4.58. The Morgan fingerprint density at radius 2 is 2.15 bits per heavy atom. The minimum absolute atomic E-state index is 0.329. The third-order valence-electron chi connectivity index (χ3n) is 3.95. The number of benzene rings is 1. The molecule has 0 unspecified atom stereocenters. The molecule has 3 aromatic rings. The van der Waals surface area contributed by atoms with Gasteiger partial charge in [-0.05, 0) is 46.6 Å². The number of rotatable bonds is 7. The van der Waals surface area contributed by atoms with Crippen LogP contribution < -0.4 is 9.47 Å². The topological polar surface area (TPSA) is 97.0 Å². The monoisotopic (exact) mass is 434 g/mol. The van der Waals surface area contributed by atoms with Crippen molar-refractivity contribution in [2.75, 3.05) is 6.61 Å². The van der Waals surface area contributed by atoms with E-state index in [0.29, 0.717) is 35.9 Å². The van der Waals surface area contributed by atoms with E-state index >= 15 is 0 Å². The van der Waals surface area contributed by atoms with Crippen molar-refractivity contribution < 1.29 is 14.3 Å².